The Balaban J connectivity index is 2.08. The second kappa shape index (κ2) is 4.95. The van der Waals surface area contributed by atoms with Gasteiger partial charge in [-0.25, -0.2) is 4.98 Å². The number of thiazole rings is 1. The first-order valence-corrected chi connectivity index (χ1v) is 6.93. The summed E-state index contributed by atoms with van der Waals surface area (Å²) < 4.78 is 1.13. The van der Waals surface area contributed by atoms with E-state index in [1.807, 2.05) is 18.0 Å². The molecule has 0 spiro atoms. The van der Waals surface area contributed by atoms with E-state index in [0.717, 1.165) is 15.5 Å². The molecule has 0 atom stereocenters. The Morgan fingerprint density at radius 1 is 1.50 bits per heavy atom. The van der Waals surface area contributed by atoms with Gasteiger partial charge >= 0.3 is 0 Å². The summed E-state index contributed by atoms with van der Waals surface area (Å²) in [5, 5.41) is 9.60. The molecule has 0 aromatic carbocycles. The monoisotopic (exact) mass is 313 g/mol. The first kappa shape index (κ1) is 11.6. The average Bonchev–Trinajstić information content (AvgIpc) is 2.87. The summed E-state index contributed by atoms with van der Waals surface area (Å²) in [5.74, 6) is 0. The van der Waals surface area contributed by atoms with Crippen molar-refractivity contribution in [3.05, 3.63) is 31.9 Å². The van der Waals surface area contributed by atoms with Crippen molar-refractivity contribution in [3.8, 4) is 6.07 Å². The number of anilines is 1. The van der Waals surface area contributed by atoms with E-state index in [1.165, 1.54) is 16.2 Å². The van der Waals surface area contributed by atoms with Gasteiger partial charge in [0, 0.05) is 11.9 Å². The highest BCUT2D eigenvalue weighted by Crippen LogP contribution is 2.26. The van der Waals surface area contributed by atoms with Gasteiger partial charge in [0.05, 0.1) is 16.5 Å². The maximum absolute atomic E-state index is 8.72. The smallest absolute Gasteiger partial charge is 0.186 e. The number of halogens is 1. The molecule has 0 aliphatic rings. The van der Waals surface area contributed by atoms with Crippen molar-refractivity contribution < 1.29 is 0 Å². The lowest BCUT2D eigenvalue weighted by atomic mass is 10.4. The average molecular weight is 314 g/mol. The fourth-order valence-electron chi connectivity index (χ4n) is 1.23. The van der Waals surface area contributed by atoms with Crippen molar-refractivity contribution in [2.45, 2.75) is 6.54 Å². The summed E-state index contributed by atoms with van der Waals surface area (Å²) >= 11 is 6.56. The van der Waals surface area contributed by atoms with Crippen LogP contribution in [0.2, 0.25) is 0 Å². The van der Waals surface area contributed by atoms with Gasteiger partial charge < -0.3 is 4.90 Å². The van der Waals surface area contributed by atoms with E-state index < -0.39 is 0 Å². The highest BCUT2D eigenvalue weighted by atomic mass is 79.9. The number of aromatic nitrogens is 1. The zero-order valence-corrected chi connectivity index (χ0v) is 11.7. The Kier molecular flexibility index (Phi) is 3.59. The normalized spacial score (nSPS) is 10.1. The first-order valence-electron chi connectivity index (χ1n) is 4.50. The van der Waals surface area contributed by atoms with Crippen molar-refractivity contribution in [3.63, 3.8) is 0 Å². The highest BCUT2D eigenvalue weighted by Gasteiger charge is 2.08. The van der Waals surface area contributed by atoms with Crippen LogP contribution < -0.4 is 4.90 Å². The number of hydrogen-bond acceptors (Lipinski definition) is 5. The van der Waals surface area contributed by atoms with E-state index in [4.69, 9.17) is 5.26 Å². The van der Waals surface area contributed by atoms with E-state index in [2.05, 4.69) is 33.0 Å². The quantitative estimate of drug-likeness (QED) is 0.871. The maximum atomic E-state index is 8.72. The van der Waals surface area contributed by atoms with Crippen LogP contribution in [0.15, 0.2) is 22.1 Å². The summed E-state index contributed by atoms with van der Waals surface area (Å²) in [6.07, 6.45) is 1.61. The fourth-order valence-corrected chi connectivity index (χ4v) is 3.44. The second-order valence-corrected chi connectivity index (χ2v) is 6.74. The topological polar surface area (TPSA) is 39.9 Å². The molecule has 0 aliphatic carbocycles. The van der Waals surface area contributed by atoms with E-state index >= 15 is 0 Å². The SMILES string of the molecule is CN(Cc1ccc(Br)s1)c1ncc(C#N)s1. The van der Waals surface area contributed by atoms with Gasteiger partial charge in [-0.15, -0.1) is 11.3 Å². The lowest BCUT2D eigenvalue weighted by molar-refractivity contribution is 0.931. The molecule has 3 nitrogen and oxygen atoms in total. The van der Waals surface area contributed by atoms with Crippen molar-refractivity contribution in [2.24, 2.45) is 0 Å². The van der Waals surface area contributed by atoms with Crippen molar-refractivity contribution in [1.82, 2.24) is 4.98 Å². The molecule has 16 heavy (non-hydrogen) atoms. The Bertz CT molecular complexity index is 526. The maximum Gasteiger partial charge on any atom is 0.186 e. The molecular weight excluding hydrogens is 306 g/mol. The predicted molar refractivity (Wildman–Crippen MR) is 71.0 cm³/mol. The Hall–Kier alpha value is -0.900. The number of nitrogens with zero attached hydrogens (tertiary/aromatic N) is 3. The lowest BCUT2D eigenvalue weighted by Gasteiger charge is -2.13. The van der Waals surface area contributed by atoms with Crippen LogP contribution >= 0.6 is 38.6 Å². The minimum atomic E-state index is 0.647. The zero-order valence-electron chi connectivity index (χ0n) is 8.48. The molecule has 2 heterocycles. The van der Waals surface area contributed by atoms with Gasteiger partial charge in [0.15, 0.2) is 5.13 Å². The summed E-state index contributed by atoms with van der Waals surface area (Å²) in [6.45, 7) is 0.814. The minimum Gasteiger partial charge on any atom is -0.346 e. The van der Waals surface area contributed by atoms with Crippen LogP contribution in [-0.2, 0) is 6.54 Å². The molecule has 0 saturated heterocycles. The van der Waals surface area contributed by atoms with Gasteiger partial charge in [0.1, 0.15) is 10.9 Å². The molecular formula is C10H8BrN3S2. The number of rotatable bonds is 3. The molecule has 0 saturated carbocycles. The van der Waals surface area contributed by atoms with E-state index in [-0.39, 0.29) is 0 Å². The van der Waals surface area contributed by atoms with Crippen LogP contribution in [0.25, 0.3) is 0 Å². The number of thiophene rings is 1. The van der Waals surface area contributed by atoms with Crippen LogP contribution in [0, 0.1) is 11.3 Å². The number of hydrogen-bond donors (Lipinski definition) is 0. The van der Waals surface area contributed by atoms with Crippen molar-refractivity contribution in [2.75, 3.05) is 11.9 Å². The van der Waals surface area contributed by atoms with Crippen molar-refractivity contribution >= 4 is 43.7 Å². The van der Waals surface area contributed by atoms with Crippen LogP contribution in [0.1, 0.15) is 9.75 Å². The lowest BCUT2D eigenvalue weighted by Crippen LogP contribution is -2.14. The molecule has 2 aromatic heterocycles. The van der Waals surface area contributed by atoms with Crippen molar-refractivity contribution in [1.29, 1.82) is 5.26 Å². The summed E-state index contributed by atoms with van der Waals surface area (Å²) in [5.41, 5.74) is 0. The Labute approximate surface area is 110 Å². The Morgan fingerprint density at radius 3 is 2.88 bits per heavy atom. The third-order valence-corrected chi connectivity index (χ3v) is 4.58. The van der Waals surface area contributed by atoms with Gasteiger partial charge in [-0.3, -0.25) is 0 Å². The van der Waals surface area contributed by atoms with Gasteiger partial charge in [0.2, 0.25) is 0 Å². The molecule has 0 amide bonds. The van der Waals surface area contributed by atoms with Crippen LogP contribution in [-0.4, -0.2) is 12.0 Å². The predicted octanol–water partition coefficient (Wildman–Crippen LogP) is 3.48. The van der Waals surface area contributed by atoms with E-state index in [9.17, 15) is 0 Å². The summed E-state index contributed by atoms with van der Waals surface area (Å²) in [6, 6.07) is 6.22. The van der Waals surface area contributed by atoms with Gasteiger partial charge in [0.25, 0.3) is 0 Å². The van der Waals surface area contributed by atoms with E-state index in [0.29, 0.717) is 4.88 Å². The summed E-state index contributed by atoms with van der Waals surface area (Å²) in [7, 11) is 1.98. The molecule has 0 aliphatic heterocycles. The fraction of sp³-hybridized carbons (Fsp3) is 0.200. The van der Waals surface area contributed by atoms with Gasteiger partial charge in [-0.05, 0) is 28.1 Å². The molecule has 2 aromatic rings. The molecule has 2 rings (SSSR count). The molecule has 0 bridgehead atoms. The summed E-state index contributed by atoms with van der Waals surface area (Å²) in [4.78, 5) is 8.16. The molecule has 0 radical (unpaired) electrons. The zero-order chi connectivity index (χ0) is 11.5. The van der Waals surface area contributed by atoms with Gasteiger partial charge in [-0.1, -0.05) is 11.3 Å². The van der Waals surface area contributed by atoms with Gasteiger partial charge in [-0.2, -0.15) is 5.26 Å². The molecule has 0 unspecified atom stereocenters. The molecule has 0 N–H and O–H groups in total. The highest BCUT2D eigenvalue weighted by molar-refractivity contribution is 9.11. The molecule has 82 valence electrons. The second-order valence-electron chi connectivity index (χ2n) is 3.18. The molecule has 0 fully saturated rings. The van der Waals surface area contributed by atoms with Crippen LogP contribution in [0.3, 0.4) is 0 Å². The minimum absolute atomic E-state index is 0.647. The third-order valence-electron chi connectivity index (χ3n) is 1.95. The third kappa shape index (κ3) is 2.61. The van der Waals surface area contributed by atoms with Crippen LogP contribution in [0.5, 0.6) is 0 Å². The first-order chi connectivity index (χ1) is 7.69. The largest absolute Gasteiger partial charge is 0.346 e. The van der Waals surface area contributed by atoms with E-state index in [1.54, 1.807) is 17.5 Å². The standard InChI is InChI=1S/C10H8BrN3S2/c1-14(6-7-2-3-9(11)15-7)10-13-5-8(4-12)16-10/h2-3,5H,6H2,1H3. The van der Waals surface area contributed by atoms with Crippen LogP contribution in [0.4, 0.5) is 5.13 Å². The Morgan fingerprint density at radius 2 is 2.31 bits per heavy atom. The molecule has 6 heteroatoms. The number of nitriles is 1.